The largest absolute Gasteiger partial charge is 0.340 e. The highest BCUT2D eigenvalue weighted by molar-refractivity contribution is 6.18. The molecule has 0 bridgehead atoms. The topological polar surface area (TPSA) is 17.8 Å². The molecule has 1 atom stereocenters. The number of hydrogen-bond acceptors (Lipinski definition) is 1. The van der Waals surface area contributed by atoms with Crippen molar-refractivity contribution in [2.45, 2.75) is 13.3 Å². The van der Waals surface area contributed by atoms with Gasteiger partial charge in [0.2, 0.25) is 0 Å². The van der Waals surface area contributed by atoms with Crippen molar-refractivity contribution in [1.29, 1.82) is 0 Å². The summed E-state index contributed by atoms with van der Waals surface area (Å²) >= 11 is 5.67. The van der Waals surface area contributed by atoms with Crippen LogP contribution in [-0.4, -0.2) is 15.4 Å². The van der Waals surface area contributed by atoms with Crippen LogP contribution in [0, 0.1) is 5.92 Å². The summed E-state index contributed by atoms with van der Waals surface area (Å²) in [6, 6.07) is 0. The van der Waals surface area contributed by atoms with Crippen molar-refractivity contribution in [3.8, 4) is 0 Å². The van der Waals surface area contributed by atoms with Crippen molar-refractivity contribution < 1.29 is 0 Å². The smallest absolute Gasteiger partial charge is 0.0946 e. The molecule has 0 aliphatic rings. The van der Waals surface area contributed by atoms with Gasteiger partial charge in [-0.1, -0.05) is 6.92 Å². The van der Waals surface area contributed by atoms with Crippen LogP contribution in [0.2, 0.25) is 0 Å². The lowest BCUT2D eigenvalue weighted by Gasteiger charge is -2.02. The van der Waals surface area contributed by atoms with Gasteiger partial charge in [-0.05, 0) is 12.3 Å². The van der Waals surface area contributed by atoms with E-state index in [4.69, 9.17) is 11.6 Å². The maximum Gasteiger partial charge on any atom is 0.0946 e. The average molecular weight is 173 g/mol. The number of nitrogens with zero attached hydrogens (tertiary/aromatic N) is 2. The summed E-state index contributed by atoms with van der Waals surface area (Å²) < 4.78 is 1.95. The van der Waals surface area contributed by atoms with E-state index in [9.17, 15) is 0 Å². The molecule has 62 valence electrons. The lowest BCUT2D eigenvalue weighted by Crippen LogP contribution is -2.00. The van der Waals surface area contributed by atoms with E-state index in [2.05, 4.69) is 11.9 Å². The van der Waals surface area contributed by atoms with Crippen molar-refractivity contribution in [3.05, 3.63) is 18.2 Å². The number of hydrogen-bond donors (Lipinski definition) is 0. The molecule has 0 saturated heterocycles. The summed E-state index contributed by atoms with van der Waals surface area (Å²) in [6.45, 7) is 2.13. The van der Waals surface area contributed by atoms with Gasteiger partial charge in [-0.2, -0.15) is 0 Å². The second-order valence-corrected chi connectivity index (χ2v) is 3.30. The van der Waals surface area contributed by atoms with E-state index in [0.29, 0.717) is 11.8 Å². The van der Waals surface area contributed by atoms with Crippen LogP contribution in [-0.2, 0) is 13.5 Å². The Hall–Kier alpha value is -0.500. The van der Waals surface area contributed by atoms with Crippen molar-refractivity contribution >= 4 is 11.6 Å². The first-order valence-electron chi connectivity index (χ1n) is 3.75. The third-order valence-corrected chi connectivity index (χ3v) is 2.11. The summed E-state index contributed by atoms with van der Waals surface area (Å²) in [4.78, 5) is 4.21. The zero-order valence-electron chi connectivity index (χ0n) is 6.92. The van der Waals surface area contributed by atoms with Gasteiger partial charge in [0.15, 0.2) is 0 Å². The summed E-state index contributed by atoms with van der Waals surface area (Å²) in [5.74, 6) is 1.22. The predicted molar refractivity (Wildman–Crippen MR) is 46.8 cm³/mol. The Labute approximate surface area is 72.2 Å². The fourth-order valence-corrected chi connectivity index (χ4v) is 1.09. The summed E-state index contributed by atoms with van der Waals surface area (Å²) in [5, 5.41) is 0. The molecule has 11 heavy (non-hydrogen) atoms. The molecule has 0 spiro atoms. The number of aromatic nitrogens is 2. The van der Waals surface area contributed by atoms with Crippen LogP contribution in [0.4, 0.5) is 0 Å². The first-order valence-corrected chi connectivity index (χ1v) is 4.28. The number of imidazole rings is 1. The van der Waals surface area contributed by atoms with E-state index in [0.717, 1.165) is 12.1 Å². The standard InChI is InChI=1S/C8H13ClN2/c1-7(4-9)3-8-5-11(2)6-10-8/h5-7H,3-4H2,1-2H3. The Kier molecular flexibility index (Phi) is 2.94. The van der Waals surface area contributed by atoms with E-state index in [1.54, 1.807) is 0 Å². The minimum absolute atomic E-state index is 0.520. The highest BCUT2D eigenvalue weighted by Crippen LogP contribution is 2.06. The van der Waals surface area contributed by atoms with Crippen LogP contribution < -0.4 is 0 Å². The van der Waals surface area contributed by atoms with Crippen LogP contribution in [0.5, 0.6) is 0 Å². The van der Waals surface area contributed by atoms with Crippen molar-refractivity contribution in [3.63, 3.8) is 0 Å². The third-order valence-electron chi connectivity index (χ3n) is 1.58. The monoisotopic (exact) mass is 172 g/mol. The van der Waals surface area contributed by atoms with E-state index in [1.807, 2.05) is 24.1 Å². The fourth-order valence-electron chi connectivity index (χ4n) is 0.984. The molecule has 3 heteroatoms. The van der Waals surface area contributed by atoms with Gasteiger partial charge in [-0.3, -0.25) is 0 Å². The maximum absolute atomic E-state index is 5.67. The lowest BCUT2D eigenvalue weighted by atomic mass is 10.1. The Morgan fingerprint density at radius 1 is 1.73 bits per heavy atom. The SMILES string of the molecule is CC(CCl)Cc1cn(C)cn1. The van der Waals surface area contributed by atoms with Crippen LogP contribution in [0.25, 0.3) is 0 Å². The molecule has 1 aromatic heterocycles. The molecule has 1 unspecified atom stereocenters. The Morgan fingerprint density at radius 2 is 2.45 bits per heavy atom. The number of halogens is 1. The van der Waals surface area contributed by atoms with Crippen molar-refractivity contribution in [2.24, 2.45) is 13.0 Å². The Morgan fingerprint density at radius 3 is 2.91 bits per heavy atom. The minimum atomic E-state index is 0.520. The molecular weight excluding hydrogens is 160 g/mol. The van der Waals surface area contributed by atoms with Gasteiger partial charge in [0.1, 0.15) is 0 Å². The van der Waals surface area contributed by atoms with Crippen LogP contribution in [0.3, 0.4) is 0 Å². The highest BCUT2D eigenvalue weighted by atomic mass is 35.5. The molecule has 0 amide bonds. The second kappa shape index (κ2) is 3.77. The minimum Gasteiger partial charge on any atom is -0.340 e. The molecule has 1 heterocycles. The van der Waals surface area contributed by atoms with E-state index in [-0.39, 0.29) is 0 Å². The molecule has 0 saturated carbocycles. The van der Waals surface area contributed by atoms with Crippen LogP contribution in [0.15, 0.2) is 12.5 Å². The summed E-state index contributed by atoms with van der Waals surface area (Å²) in [6.07, 6.45) is 4.82. The van der Waals surface area contributed by atoms with Crippen LogP contribution in [0.1, 0.15) is 12.6 Å². The Bertz CT molecular complexity index is 220. The highest BCUT2D eigenvalue weighted by Gasteiger charge is 2.03. The van der Waals surface area contributed by atoms with Gasteiger partial charge in [0.25, 0.3) is 0 Å². The van der Waals surface area contributed by atoms with E-state index >= 15 is 0 Å². The predicted octanol–water partition coefficient (Wildman–Crippen LogP) is 1.84. The first-order chi connectivity index (χ1) is 5.22. The van der Waals surface area contributed by atoms with Gasteiger partial charge in [0.05, 0.1) is 12.0 Å². The van der Waals surface area contributed by atoms with Crippen LogP contribution >= 0.6 is 11.6 Å². The molecule has 0 radical (unpaired) electrons. The molecule has 1 rings (SSSR count). The normalized spacial score (nSPS) is 13.4. The first kappa shape index (κ1) is 8.60. The van der Waals surface area contributed by atoms with E-state index in [1.165, 1.54) is 0 Å². The number of aryl methyl sites for hydroxylation is 1. The van der Waals surface area contributed by atoms with Crippen molar-refractivity contribution in [1.82, 2.24) is 9.55 Å². The average Bonchev–Trinajstić information content (AvgIpc) is 2.35. The maximum atomic E-state index is 5.67. The number of alkyl halides is 1. The third kappa shape index (κ3) is 2.54. The molecule has 0 fully saturated rings. The molecule has 0 aliphatic carbocycles. The zero-order chi connectivity index (χ0) is 8.27. The second-order valence-electron chi connectivity index (χ2n) is 2.99. The molecule has 0 aliphatic heterocycles. The molecule has 0 aromatic carbocycles. The zero-order valence-corrected chi connectivity index (χ0v) is 7.67. The lowest BCUT2D eigenvalue weighted by molar-refractivity contribution is 0.644. The molecule has 2 nitrogen and oxygen atoms in total. The quantitative estimate of drug-likeness (QED) is 0.637. The molecular formula is C8H13ClN2. The van der Waals surface area contributed by atoms with Gasteiger partial charge in [-0.15, -0.1) is 11.6 Å². The van der Waals surface area contributed by atoms with Crippen molar-refractivity contribution in [2.75, 3.05) is 5.88 Å². The Balaban J connectivity index is 2.50. The van der Waals surface area contributed by atoms with Gasteiger partial charge >= 0.3 is 0 Å². The van der Waals surface area contributed by atoms with Gasteiger partial charge in [-0.25, -0.2) is 4.98 Å². The fraction of sp³-hybridized carbons (Fsp3) is 0.625. The number of rotatable bonds is 3. The molecule has 1 aromatic rings. The molecule has 0 N–H and O–H groups in total. The van der Waals surface area contributed by atoms with E-state index < -0.39 is 0 Å². The van der Waals surface area contributed by atoms with Gasteiger partial charge in [0, 0.05) is 19.1 Å². The summed E-state index contributed by atoms with van der Waals surface area (Å²) in [5.41, 5.74) is 1.13. The van der Waals surface area contributed by atoms with Gasteiger partial charge < -0.3 is 4.57 Å². The summed E-state index contributed by atoms with van der Waals surface area (Å²) in [7, 11) is 1.97.